The maximum absolute atomic E-state index is 13.0. The molecular formula is C25H28N6O5. The highest BCUT2D eigenvalue weighted by Gasteiger charge is 2.19. The summed E-state index contributed by atoms with van der Waals surface area (Å²) in [6, 6.07) is 8.68. The lowest BCUT2D eigenvalue weighted by molar-refractivity contribution is 0.0997. The van der Waals surface area contributed by atoms with Gasteiger partial charge in [0, 0.05) is 25.2 Å². The van der Waals surface area contributed by atoms with Crippen LogP contribution >= 0.6 is 0 Å². The normalized spacial score (nSPS) is 11.1. The van der Waals surface area contributed by atoms with Gasteiger partial charge in [0.1, 0.15) is 11.5 Å². The standard InChI is InChI=1S/C25H28N6O5/c1-4-34-12-11-30-15-20(23(29-30)19-7-5-6-10-26-19)28-24(32)22-9-8-21(36-22)18-13-27-31(14-18)25(33)35-16-17(2)3/h5-10,13-15,17H,4,11-12,16H2,1-3H3,(H,28,32). The number of furan rings is 1. The lowest BCUT2D eigenvalue weighted by Crippen LogP contribution is -2.16. The second kappa shape index (κ2) is 11.5. The van der Waals surface area contributed by atoms with Gasteiger partial charge < -0.3 is 19.2 Å². The lowest BCUT2D eigenvalue weighted by atomic mass is 10.2. The number of carbonyl (C=O) groups excluding carboxylic acids is 2. The van der Waals surface area contributed by atoms with E-state index in [4.69, 9.17) is 13.9 Å². The van der Waals surface area contributed by atoms with E-state index in [2.05, 4.69) is 20.5 Å². The summed E-state index contributed by atoms with van der Waals surface area (Å²) >= 11 is 0. The minimum absolute atomic E-state index is 0.0918. The summed E-state index contributed by atoms with van der Waals surface area (Å²) in [7, 11) is 0. The van der Waals surface area contributed by atoms with Crippen molar-refractivity contribution in [3.63, 3.8) is 0 Å². The average molecular weight is 493 g/mol. The molecule has 36 heavy (non-hydrogen) atoms. The Morgan fingerprint density at radius 3 is 2.78 bits per heavy atom. The fourth-order valence-corrected chi connectivity index (χ4v) is 3.27. The summed E-state index contributed by atoms with van der Waals surface area (Å²) < 4.78 is 19.1. The summed E-state index contributed by atoms with van der Waals surface area (Å²) in [5.74, 6) is 0.242. The van der Waals surface area contributed by atoms with Crippen LogP contribution in [0.15, 0.2) is 59.5 Å². The Kier molecular flexibility index (Phi) is 7.91. The fourth-order valence-electron chi connectivity index (χ4n) is 3.27. The average Bonchev–Trinajstić information content (AvgIpc) is 3.63. The molecule has 0 radical (unpaired) electrons. The summed E-state index contributed by atoms with van der Waals surface area (Å²) in [5, 5.41) is 11.5. The monoisotopic (exact) mass is 492 g/mol. The van der Waals surface area contributed by atoms with Gasteiger partial charge >= 0.3 is 6.09 Å². The van der Waals surface area contributed by atoms with E-state index in [1.807, 2.05) is 39.0 Å². The number of anilines is 1. The minimum atomic E-state index is -0.581. The van der Waals surface area contributed by atoms with E-state index in [9.17, 15) is 9.59 Å². The van der Waals surface area contributed by atoms with E-state index < -0.39 is 12.0 Å². The van der Waals surface area contributed by atoms with Crippen molar-refractivity contribution in [3.05, 3.63) is 60.9 Å². The molecule has 0 fully saturated rings. The summed E-state index contributed by atoms with van der Waals surface area (Å²) in [6.07, 6.45) is 5.78. The molecule has 4 rings (SSSR count). The Morgan fingerprint density at radius 2 is 2.03 bits per heavy atom. The fraction of sp³-hybridized carbons (Fsp3) is 0.320. The first-order chi connectivity index (χ1) is 17.4. The van der Waals surface area contributed by atoms with Gasteiger partial charge in [-0.15, -0.1) is 0 Å². The van der Waals surface area contributed by atoms with Gasteiger partial charge in [-0.25, -0.2) is 4.79 Å². The molecule has 11 nitrogen and oxygen atoms in total. The third-order valence-electron chi connectivity index (χ3n) is 5.01. The maximum atomic E-state index is 13.0. The minimum Gasteiger partial charge on any atom is -0.451 e. The zero-order valence-corrected chi connectivity index (χ0v) is 20.4. The summed E-state index contributed by atoms with van der Waals surface area (Å²) in [4.78, 5) is 29.5. The molecule has 1 N–H and O–H groups in total. The molecule has 4 aromatic rings. The van der Waals surface area contributed by atoms with E-state index in [-0.39, 0.29) is 11.7 Å². The van der Waals surface area contributed by atoms with Gasteiger partial charge in [-0.3, -0.25) is 14.5 Å². The predicted molar refractivity (Wildman–Crippen MR) is 131 cm³/mol. The predicted octanol–water partition coefficient (Wildman–Crippen LogP) is 4.33. The molecule has 1 amide bonds. The van der Waals surface area contributed by atoms with Gasteiger partial charge in [0.15, 0.2) is 5.76 Å². The second-order valence-electron chi connectivity index (χ2n) is 8.33. The Bertz CT molecular complexity index is 1310. The first kappa shape index (κ1) is 24.9. The topological polar surface area (TPSA) is 126 Å². The molecule has 0 spiro atoms. The van der Waals surface area contributed by atoms with Crippen molar-refractivity contribution >= 4 is 17.7 Å². The number of rotatable bonds is 10. The van der Waals surface area contributed by atoms with Crippen molar-refractivity contribution in [1.82, 2.24) is 24.5 Å². The molecule has 0 aliphatic rings. The second-order valence-corrected chi connectivity index (χ2v) is 8.33. The molecule has 0 atom stereocenters. The van der Waals surface area contributed by atoms with Crippen LogP contribution in [0, 0.1) is 5.92 Å². The van der Waals surface area contributed by atoms with Crippen LogP contribution in [-0.2, 0) is 16.0 Å². The molecule has 0 unspecified atom stereocenters. The number of carbonyl (C=O) groups is 2. The number of aromatic nitrogens is 5. The van der Waals surface area contributed by atoms with Crippen molar-refractivity contribution < 1.29 is 23.5 Å². The van der Waals surface area contributed by atoms with Gasteiger partial charge in [0.05, 0.1) is 42.9 Å². The number of amides is 1. The van der Waals surface area contributed by atoms with Crippen molar-refractivity contribution in [2.75, 3.05) is 25.1 Å². The number of nitrogens with zero attached hydrogens (tertiary/aromatic N) is 5. The maximum Gasteiger partial charge on any atom is 0.434 e. The largest absolute Gasteiger partial charge is 0.451 e. The highest BCUT2D eigenvalue weighted by molar-refractivity contribution is 6.04. The zero-order chi connectivity index (χ0) is 25.5. The molecular weight excluding hydrogens is 464 g/mol. The highest BCUT2D eigenvalue weighted by Crippen LogP contribution is 2.27. The highest BCUT2D eigenvalue weighted by atomic mass is 16.6. The molecule has 188 valence electrons. The van der Waals surface area contributed by atoms with Gasteiger partial charge in [0.25, 0.3) is 5.91 Å². The van der Waals surface area contributed by atoms with E-state index in [1.165, 1.54) is 12.4 Å². The number of hydrogen-bond acceptors (Lipinski definition) is 8. The number of nitrogens with one attached hydrogen (secondary N) is 1. The van der Waals surface area contributed by atoms with Crippen LogP contribution in [0.5, 0.6) is 0 Å². The summed E-state index contributed by atoms with van der Waals surface area (Å²) in [5.41, 5.74) is 2.19. The van der Waals surface area contributed by atoms with Crippen molar-refractivity contribution in [2.24, 2.45) is 5.92 Å². The Balaban J connectivity index is 1.49. The van der Waals surface area contributed by atoms with Gasteiger partial charge in [-0.2, -0.15) is 14.9 Å². The molecule has 0 aromatic carbocycles. The van der Waals surface area contributed by atoms with Crippen LogP contribution in [0.4, 0.5) is 10.5 Å². The lowest BCUT2D eigenvalue weighted by Gasteiger charge is -2.05. The van der Waals surface area contributed by atoms with Crippen LogP contribution in [0.2, 0.25) is 0 Å². The van der Waals surface area contributed by atoms with Crippen LogP contribution < -0.4 is 5.32 Å². The molecule has 0 saturated carbocycles. The Morgan fingerprint density at radius 1 is 1.17 bits per heavy atom. The van der Waals surface area contributed by atoms with Crippen molar-refractivity contribution in [3.8, 4) is 22.7 Å². The number of ether oxygens (including phenoxy) is 2. The van der Waals surface area contributed by atoms with E-state index in [0.29, 0.717) is 54.8 Å². The van der Waals surface area contributed by atoms with Gasteiger partial charge in [0.2, 0.25) is 0 Å². The number of pyridine rings is 1. The van der Waals surface area contributed by atoms with Crippen LogP contribution in [0.1, 0.15) is 31.3 Å². The molecule has 4 heterocycles. The van der Waals surface area contributed by atoms with Gasteiger partial charge in [-0.1, -0.05) is 19.9 Å². The molecule has 0 aliphatic heterocycles. The SMILES string of the molecule is CCOCCn1cc(NC(=O)c2ccc(-c3cnn(C(=O)OCC(C)C)c3)o2)c(-c2ccccn2)n1. The quantitative estimate of drug-likeness (QED) is 0.324. The Hall–Kier alpha value is -4.25. The van der Waals surface area contributed by atoms with E-state index in [1.54, 1.807) is 29.2 Å². The molecule has 0 bridgehead atoms. The van der Waals surface area contributed by atoms with Crippen LogP contribution in [0.25, 0.3) is 22.7 Å². The zero-order valence-electron chi connectivity index (χ0n) is 20.4. The van der Waals surface area contributed by atoms with E-state index in [0.717, 1.165) is 4.68 Å². The smallest absolute Gasteiger partial charge is 0.434 e. The molecule has 11 heteroatoms. The number of hydrogen-bond donors (Lipinski definition) is 1. The van der Waals surface area contributed by atoms with E-state index >= 15 is 0 Å². The third kappa shape index (κ3) is 6.05. The van der Waals surface area contributed by atoms with Crippen LogP contribution in [-0.4, -0.2) is 56.4 Å². The third-order valence-corrected chi connectivity index (χ3v) is 5.01. The van der Waals surface area contributed by atoms with Crippen molar-refractivity contribution in [1.29, 1.82) is 0 Å². The van der Waals surface area contributed by atoms with Gasteiger partial charge in [-0.05, 0) is 37.1 Å². The summed E-state index contributed by atoms with van der Waals surface area (Å²) in [6.45, 7) is 7.74. The molecule has 0 aliphatic carbocycles. The Labute approximate surface area is 208 Å². The molecule has 0 saturated heterocycles. The van der Waals surface area contributed by atoms with Crippen LogP contribution in [0.3, 0.4) is 0 Å². The first-order valence-electron chi connectivity index (χ1n) is 11.6. The molecule has 4 aromatic heterocycles. The first-order valence-corrected chi connectivity index (χ1v) is 11.6. The van der Waals surface area contributed by atoms with Crippen molar-refractivity contribution in [2.45, 2.75) is 27.3 Å².